The molecule has 0 aliphatic carbocycles. The second kappa shape index (κ2) is 10.3. The molecule has 1 amide bonds. The van der Waals surface area contributed by atoms with Gasteiger partial charge in [-0.05, 0) is 83.8 Å². The Hall–Kier alpha value is -3.20. The molecule has 37 heavy (non-hydrogen) atoms. The van der Waals surface area contributed by atoms with Crippen molar-refractivity contribution in [1.82, 2.24) is 10.4 Å². The summed E-state index contributed by atoms with van der Waals surface area (Å²) in [7, 11) is -4.06. The molecule has 0 unspecified atom stereocenters. The first-order valence-corrected chi connectivity index (χ1v) is 14.2. The zero-order valence-electron chi connectivity index (χ0n) is 20.8. The average molecular weight is 521 g/mol. The maximum absolute atomic E-state index is 13.5. The largest absolute Gasteiger partial charge is 0.381 e. The summed E-state index contributed by atoms with van der Waals surface area (Å²) >= 11 is 0. The number of likely N-dealkylation sites (tertiary alicyclic amines) is 1. The number of amides is 1. The van der Waals surface area contributed by atoms with Gasteiger partial charge in [-0.2, -0.15) is 0 Å². The van der Waals surface area contributed by atoms with Crippen LogP contribution in [-0.4, -0.2) is 55.5 Å². The average Bonchev–Trinajstić information content (AvgIpc) is 2.96. The lowest BCUT2D eigenvalue weighted by molar-refractivity contribution is -0.134. The number of sulfone groups is 1. The van der Waals surface area contributed by atoms with E-state index in [4.69, 9.17) is 4.74 Å². The maximum atomic E-state index is 13.5. The van der Waals surface area contributed by atoms with Gasteiger partial charge in [-0.15, -0.1) is 0 Å². The van der Waals surface area contributed by atoms with Crippen molar-refractivity contribution in [2.24, 2.45) is 0 Å². The first-order valence-electron chi connectivity index (χ1n) is 12.7. The summed E-state index contributed by atoms with van der Waals surface area (Å²) in [6.45, 7) is 6.72. The van der Waals surface area contributed by atoms with Crippen LogP contribution in [-0.2, 0) is 19.4 Å². The molecular formula is C29H32N2O5S. The Labute approximate surface area is 217 Å². The van der Waals surface area contributed by atoms with E-state index in [-0.39, 0.29) is 31.0 Å². The zero-order valence-corrected chi connectivity index (χ0v) is 21.6. The van der Waals surface area contributed by atoms with Gasteiger partial charge in [-0.3, -0.25) is 10.0 Å². The molecule has 3 aromatic rings. The molecule has 0 radical (unpaired) electrons. The number of nitrogens with one attached hydrogen (secondary N) is 1. The van der Waals surface area contributed by atoms with Crippen molar-refractivity contribution in [3.8, 4) is 11.1 Å². The van der Waals surface area contributed by atoms with E-state index >= 15 is 0 Å². The predicted molar refractivity (Wildman–Crippen MR) is 144 cm³/mol. The van der Waals surface area contributed by atoms with Crippen molar-refractivity contribution in [3.05, 3.63) is 72.8 Å². The van der Waals surface area contributed by atoms with Gasteiger partial charge in [0.2, 0.25) is 0 Å². The number of hydrogen-bond acceptors (Lipinski definition) is 6. The van der Waals surface area contributed by atoms with E-state index in [9.17, 15) is 18.4 Å². The number of ether oxygens (including phenoxy) is 1. The summed E-state index contributed by atoms with van der Waals surface area (Å²) in [4.78, 5) is 14.9. The Morgan fingerprint density at radius 2 is 1.51 bits per heavy atom. The van der Waals surface area contributed by atoms with Gasteiger partial charge in [0.25, 0.3) is 5.91 Å². The highest BCUT2D eigenvalue weighted by Gasteiger charge is 2.52. The number of piperidine rings is 1. The fourth-order valence-corrected chi connectivity index (χ4v) is 7.36. The molecule has 5 rings (SSSR count). The third-order valence-corrected chi connectivity index (χ3v) is 10.3. The molecule has 2 fully saturated rings. The van der Waals surface area contributed by atoms with Crippen LogP contribution in [0.3, 0.4) is 0 Å². The van der Waals surface area contributed by atoms with Crippen LogP contribution < -0.4 is 5.48 Å². The van der Waals surface area contributed by atoms with Crippen LogP contribution in [0.4, 0.5) is 0 Å². The van der Waals surface area contributed by atoms with E-state index in [2.05, 4.69) is 41.8 Å². The molecule has 0 atom stereocenters. The van der Waals surface area contributed by atoms with Gasteiger partial charge >= 0.3 is 0 Å². The monoisotopic (exact) mass is 520 g/mol. The molecule has 0 aromatic heterocycles. The van der Waals surface area contributed by atoms with Gasteiger partial charge in [0.1, 0.15) is 0 Å². The van der Waals surface area contributed by atoms with E-state index < -0.39 is 20.5 Å². The summed E-state index contributed by atoms with van der Waals surface area (Å²) in [6, 6.07) is 19.1. The minimum absolute atomic E-state index is 0.0136. The Morgan fingerprint density at radius 3 is 2.19 bits per heavy atom. The number of carbonyl (C=O) groups excluding carboxylic acids is 1. The van der Waals surface area contributed by atoms with Crippen LogP contribution in [0, 0.1) is 0 Å². The van der Waals surface area contributed by atoms with Crippen LogP contribution in [0.25, 0.3) is 27.6 Å². The van der Waals surface area contributed by atoms with E-state index in [0.29, 0.717) is 0 Å². The molecule has 194 valence electrons. The Bertz CT molecular complexity index is 1420. The summed E-state index contributed by atoms with van der Waals surface area (Å²) in [6.07, 6.45) is 3.67. The number of rotatable bonds is 6. The van der Waals surface area contributed by atoms with Gasteiger partial charge in [-0.25, -0.2) is 13.9 Å². The molecule has 0 spiro atoms. The molecule has 2 N–H and O–H groups in total. The van der Waals surface area contributed by atoms with E-state index in [1.165, 1.54) is 31.4 Å². The van der Waals surface area contributed by atoms with E-state index in [1.54, 1.807) is 17.6 Å². The number of hydrogen-bond donors (Lipinski definition) is 2. The van der Waals surface area contributed by atoms with Crippen LogP contribution in [0.1, 0.15) is 37.7 Å². The fraction of sp³-hybridized carbons (Fsp3) is 0.345. The number of fused-ring (bicyclic) bond motifs is 1. The zero-order chi connectivity index (χ0) is 26.0. The summed E-state index contributed by atoms with van der Waals surface area (Å²) in [5.41, 5.74) is 5.59. The van der Waals surface area contributed by atoms with Gasteiger partial charge in [0, 0.05) is 32.0 Å². The van der Waals surface area contributed by atoms with Gasteiger partial charge in [0.05, 0.1) is 4.90 Å². The normalized spacial score (nSPS) is 17.9. The smallest absolute Gasteiger partial charge is 0.265 e. The van der Waals surface area contributed by atoms with Crippen molar-refractivity contribution in [2.45, 2.75) is 41.7 Å². The lowest BCUT2D eigenvalue weighted by atomic mass is 9.98. The second-order valence-electron chi connectivity index (χ2n) is 9.85. The van der Waals surface area contributed by atoms with Crippen molar-refractivity contribution in [1.29, 1.82) is 0 Å². The Morgan fingerprint density at radius 1 is 0.892 bits per heavy atom. The Balaban J connectivity index is 1.40. The van der Waals surface area contributed by atoms with Crippen LogP contribution in [0.15, 0.2) is 72.1 Å². The molecule has 3 aromatic carbocycles. The lowest BCUT2D eigenvalue weighted by Gasteiger charge is -2.34. The molecular weight excluding hydrogens is 488 g/mol. The summed E-state index contributed by atoms with van der Waals surface area (Å²) < 4.78 is 30.5. The van der Waals surface area contributed by atoms with Gasteiger partial charge in [0.15, 0.2) is 14.6 Å². The molecule has 7 nitrogen and oxygen atoms in total. The van der Waals surface area contributed by atoms with E-state index in [0.717, 1.165) is 46.2 Å². The number of hydroxylamine groups is 1. The Kier molecular flexibility index (Phi) is 7.07. The molecule has 2 aliphatic rings. The minimum atomic E-state index is -4.06. The summed E-state index contributed by atoms with van der Waals surface area (Å²) in [5.74, 6) is -0.920. The minimum Gasteiger partial charge on any atom is -0.381 e. The highest BCUT2D eigenvalue weighted by molar-refractivity contribution is 7.93. The SMILES string of the molecule is C=C(c1ccc2cc(-c3ccc(S(=O)(=O)C4(C(=O)NO)CCOCC4)cc3)ccc2c1)N1CCCCC1. The standard InChI is InChI=1S/C29H32N2O5S/c1-21(31-15-3-2-4-16-31)23-5-6-26-20-24(7-8-25(26)19-23)22-9-11-27(12-10-22)37(34,35)29(28(32)30-33)13-17-36-18-14-29/h5-12,19-20,33H,1-4,13-18H2,(H,30,32). The molecule has 2 saturated heterocycles. The quantitative estimate of drug-likeness (QED) is 0.358. The number of carbonyl (C=O) groups is 1. The van der Waals surface area contributed by atoms with Crippen molar-refractivity contribution >= 4 is 32.2 Å². The highest BCUT2D eigenvalue weighted by atomic mass is 32.2. The molecule has 2 heterocycles. The van der Waals surface area contributed by atoms with Crippen molar-refractivity contribution in [2.75, 3.05) is 26.3 Å². The first-order chi connectivity index (χ1) is 17.9. The number of benzene rings is 3. The highest BCUT2D eigenvalue weighted by Crippen LogP contribution is 2.36. The van der Waals surface area contributed by atoms with Crippen molar-refractivity contribution in [3.63, 3.8) is 0 Å². The molecule has 0 bridgehead atoms. The molecule has 0 saturated carbocycles. The van der Waals surface area contributed by atoms with Gasteiger partial charge in [-0.1, -0.05) is 43.0 Å². The second-order valence-corrected chi connectivity index (χ2v) is 12.1. The third kappa shape index (κ3) is 4.65. The molecule has 8 heteroatoms. The number of nitrogens with zero attached hydrogens (tertiary/aromatic N) is 1. The van der Waals surface area contributed by atoms with Crippen LogP contribution >= 0.6 is 0 Å². The van der Waals surface area contributed by atoms with E-state index in [1.807, 2.05) is 6.07 Å². The van der Waals surface area contributed by atoms with Crippen LogP contribution in [0.2, 0.25) is 0 Å². The predicted octanol–water partition coefficient (Wildman–Crippen LogP) is 4.79. The molecule has 2 aliphatic heterocycles. The first kappa shape index (κ1) is 25.4. The maximum Gasteiger partial charge on any atom is 0.265 e. The summed E-state index contributed by atoms with van der Waals surface area (Å²) in [5, 5.41) is 11.5. The third-order valence-electron chi connectivity index (χ3n) is 7.74. The van der Waals surface area contributed by atoms with Crippen molar-refractivity contribution < 1.29 is 23.2 Å². The lowest BCUT2D eigenvalue weighted by Crippen LogP contribution is -2.54. The van der Waals surface area contributed by atoms with Gasteiger partial charge < -0.3 is 9.64 Å². The van der Waals surface area contributed by atoms with Crippen LogP contribution in [0.5, 0.6) is 0 Å². The topological polar surface area (TPSA) is 95.9 Å². The fourth-order valence-electron chi connectivity index (χ4n) is 5.42.